The lowest BCUT2D eigenvalue weighted by Crippen LogP contribution is -2.22. The largest absolute Gasteiger partial charge is 0.469 e. The Bertz CT molecular complexity index is 301. The summed E-state index contributed by atoms with van der Waals surface area (Å²) in [5.41, 5.74) is 1.57. The molecule has 0 saturated carbocycles. The van der Waals surface area contributed by atoms with E-state index in [0.717, 1.165) is 12.2 Å². The molecule has 1 unspecified atom stereocenters. The first-order chi connectivity index (χ1) is 6.86. The monoisotopic (exact) mass is 208 g/mol. The highest BCUT2D eigenvalue weighted by atomic mass is 16.3. The Kier molecular flexibility index (Phi) is 3.64. The fourth-order valence-electron chi connectivity index (χ4n) is 2.50. The molecule has 0 aliphatic carbocycles. The molecule has 1 aromatic rings. The van der Waals surface area contributed by atoms with E-state index in [4.69, 9.17) is 4.42 Å². The van der Waals surface area contributed by atoms with Crippen molar-refractivity contribution in [3.05, 3.63) is 23.7 Å². The van der Waals surface area contributed by atoms with E-state index in [1.807, 2.05) is 6.26 Å². The number of aryl methyl sites for hydroxylation is 1. The van der Waals surface area contributed by atoms with Crippen LogP contribution in [0.5, 0.6) is 0 Å². The maximum absolute atomic E-state index is 5.71. The van der Waals surface area contributed by atoms with Crippen molar-refractivity contribution in [1.29, 1.82) is 0 Å². The molecule has 1 heterocycles. The number of hydrogen-bond donors (Lipinski definition) is 0. The molecule has 0 radical (unpaired) electrons. The van der Waals surface area contributed by atoms with Crippen LogP contribution >= 0.6 is 0 Å². The summed E-state index contributed by atoms with van der Waals surface area (Å²) in [5, 5.41) is 0. The van der Waals surface area contributed by atoms with Gasteiger partial charge in [-0.25, -0.2) is 0 Å². The van der Waals surface area contributed by atoms with Crippen LogP contribution in [0.3, 0.4) is 0 Å². The molecule has 0 N–H and O–H groups in total. The van der Waals surface area contributed by atoms with E-state index in [1.54, 1.807) is 0 Å². The molecule has 1 rings (SSSR count). The smallest absolute Gasteiger partial charge is 0.107 e. The van der Waals surface area contributed by atoms with Crippen molar-refractivity contribution in [2.45, 2.75) is 53.9 Å². The van der Waals surface area contributed by atoms with Crippen LogP contribution in [0.4, 0.5) is 0 Å². The number of hydrogen-bond acceptors (Lipinski definition) is 1. The molecule has 0 fully saturated rings. The molecule has 0 aliphatic heterocycles. The Morgan fingerprint density at radius 3 is 2.20 bits per heavy atom. The van der Waals surface area contributed by atoms with Gasteiger partial charge in [0.1, 0.15) is 5.76 Å². The molecule has 15 heavy (non-hydrogen) atoms. The van der Waals surface area contributed by atoms with E-state index in [9.17, 15) is 0 Å². The highest BCUT2D eigenvalue weighted by Crippen LogP contribution is 2.41. The summed E-state index contributed by atoms with van der Waals surface area (Å²) in [7, 11) is 0. The van der Waals surface area contributed by atoms with Gasteiger partial charge in [0, 0.05) is 5.92 Å². The van der Waals surface area contributed by atoms with E-state index in [0.29, 0.717) is 11.8 Å². The first kappa shape index (κ1) is 12.4. The van der Waals surface area contributed by atoms with Crippen LogP contribution in [0.25, 0.3) is 0 Å². The summed E-state index contributed by atoms with van der Waals surface area (Å²) in [5.74, 6) is 2.26. The zero-order chi connectivity index (χ0) is 11.6. The van der Waals surface area contributed by atoms with Gasteiger partial charge < -0.3 is 4.42 Å². The summed E-state index contributed by atoms with van der Waals surface area (Å²) < 4.78 is 5.71. The van der Waals surface area contributed by atoms with Gasteiger partial charge in [-0.1, -0.05) is 41.5 Å². The first-order valence-corrected chi connectivity index (χ1v) is 5.93. The molecule has 1 heteroatoms. The molecular formula is C14H24O. The lowest BCUT2D eigenvalue weighted by atomic mass is 9.73. The fourth-order valence-corrected chi connectivity index (χ4v) is 2.50. The van der Waals surface area contributed by atoms with Crippen LogP contribution in [0.2, 0.25) is 0 Å². The Balaban J connectivity index is 2.99. The van der Waals surface area contributed by atoms with Gasteiger partial charge in [-0.15, -0.1) is 0 Å². The molecule has 1 aromatic heterocycles. The molecule has 0 amide bonds. The van der Waals surface area contributed by atoms with E-state index in [1.165, 1.54) is 5.56 Å². The molecule has 0 spiro atoms. The summed E-state index contributed by atoms with van der Waals surface area (Å²) in [4.78, 5) is 0. The molecule has 86 valence electrons. The maximum atomic E-state index is 5.71. The Hall–Kier alpha value is -0.720. The van der Waals surface area contributed by atoms with E-state index in [-0.39, 0.29) is 5.41 Å². The molecule has 1 atom stereocenters. The lowest BCUT2D eigenvalue weighted by molar-refractivity contribution is 0.224. The summed E-state index contributed by atoms with van der Waals surface area (Å²) in [6.07, 6.45) is 2.95. The standard InChI is InChI=1S/C14H24O/c1-7-11-8-12(15-9-11)13(10(2)3)14(4,5)6/h8-10,13H,7H2,1-6H3. The summed E-state index contributed by atoms with van der Waals surface area (Å²) in [6.45, 7) is 13.5. The van der Waals surface area contributed by atoms with Crippen molar-refractivity contribution in [1.82, 2.24) is 0 Å². The third-order valence-corrected chi connectivity index (χ3v) is 2.99. The second kappa shape index (κ2) is 4.42. The molecule has 0 saturated heterocycles. The quantitative estimate of drug-likeness (QED) is 0.706. The van der Waals surface area contributed by atoms with Crippen LogP contribution in [-0.4, -0.2) is 0 Å². The van der Waals surface area contributed by atoms with Crippen molar-refractivity contribution in [2.24, 2.45) is 11.3 Å². The summed E-state index contributed by atoms with van der Waals surface area (Å²) >= 11 is 0. The van der Waals surface area contributed by atoms with Crippen molar-refractivity contribution in [3.8, 4) is 0 Å². The minimum atomic E-state index is 0.261. The van der Waals surface area contributed by atoms with Gasteiger partial charge in [0.25, 0.3) is 0 Å². The lowest BCUT2D eigenvalue weighted by Gasteiger charge is -2.32. The van der Waals surface area contributed by atoms with E-state index in [2.05, 4.69) is 47.6 Å². The van der Waals surface area contributed by atoms with Crippen molar-refractivity contribution in [2.75, 3.05) is 0 Å². The fraction of sp³-hybridized carbons (Fsp3) is 0.714. The Morgan fingerprint density at radius 2 is 1.87 bits per heavy atom. The Labute approximate surface area is 93.9 Å². The topological polar surface area (TPSA) is 13.1 Å². The molecular weight excluding hydrogens is 184 g/mol. The number of furan rings is 1. The Morgan fingerprint density at radius 1 is 1.27 bits per heavy atom. The average Bonchev–Trinajstić information content (AvgIpc) is 2.49. The highest BCUT2D eigenvalue weighted by Gasteiger charge is 2.31. The van der Waals surface area contributed by atoms with E-state index >= 15 is 0 Å². The van der Waals surface area contributed by atoms with Crippen LogP contribution in [-0.2, 0) is 6.42 Å². The molecule has 0 aromatic carbocycles. The third kappa shape index (κ3) is 2.87. The average molecular weight is 208 g/mol. The number of rotatable bonds is 3. The second-order valence-corrected chi connectivity index (χ2v) is 5.80. The van der Waals surface area contributed by atoms with Crippen LogP contribution in [0.15, 0.2) is 16.7 Å². The van der Waals surface area contributed by atoms with Gasteiger partial charge in [0.2, 0.25) is 0 Å². The SMILES string of the molecule is CCc1coc(C(C(C)C)C(C)(C)C)c1. The zero-order valence-corrected chi connectivity index (χ0v) is 10.9. The third-order valence-electron chi connectivity index (χ3n) is 2.99. The van der Waals surface area contributed by atoms with Crippen LogP contribution in [0, 0.1) is 11.3 Å². The zero-order valence-electron chi connectivity index (χ0n) is 10.9. The molecule has 0 aliphatic rings. The van der Waals surface area contributed by atoms with E-state index < -0.39 is 0 Å². The van der Waals surface area contributed by atoms with Gasteiger partial charge in [0.05, 0.1) is 6.26 Å². The highest BCUT2D eigenvalue weighted by molar-refractivity contribution is 5.18. The first-order valence-electron chi connectivity index (χ1n) is 5.93. The van der Waals surface area contributed by atoms with Crippen molar-refractivity contribution < 1.29 is 4.42 Å². The van der Waals surface area contributed by atoms with Gasteiger partial charge in [-0.05, 0) is 29.4 Å². The van der Waals surface area contributed by atoms with Crippen LogP contribution in [0.1, 0.15) is 58.8 Å². The van der Waals surface area contributed by atoms with Crippen molar-refractivity contribution >= 4 is 0 Å². The predicted molar refractivity (Wildman–Crippen MR) is 65.1 cm³/mol. The van der Waals surface area contributed by atoms with Gasteiger partial charge in [0.15, 0.2) is 0 Å². The normalized spacial score (nSPS) is 14.6. The van der Waals surface area contributed by atoms with Crippen LogP contribution < -0.4 is 0 Å². The van der Waals surface area contributed by atoms with Gasteiger partial charge in [-0.3, -0.25) is 0 Å². The molecule has 0 bridgehead atoms. The summed E-state index contributed by atoms with van der Waals surface area (Å²) in [6, 6.07) is 2.22. The minimum Gasteiger partial charge on any atom is -0.469 e. The minimum absolute atomic E-state index is 0.261. The van der Waals surface area contributed by atoms with Crippen molar-refractivity contribution in [3.63, 3.8) is 0 Å². The predicted octanol–water partition coefficient (Wildman–Crippen LogP) is 4.63. The second-order valence-electron chi connectivity index (χ2n) is 5.80. The van der Waals surface area contributed by atoms with Gasteiger partial charge in [-0.2, -0.15) is 0 Å². The van der Waals surface area contributed by atoms with Gasteiger partial charge >= 0.3 is 0 Å². The maximum Gasteiger partial charge on any atom is 0.107 e. The molecule has 1 nitrogen and oxygen atoms in total.